The van der Waals surface area contributed by atoms with E-state index in [4.69, 9.17) is 0 Å². The van der Waals surface area contributed by atoms with E-state index in [2.05, 4.69) is 25.8 Å². The Kier molecular flexibility index (Phi) is 4.13. The summed E-state index contributed by atoms with van der Waals surface area (Å²) in [6, 6.07) is 3.83. The molecule has 0 saturated heterocycles. The zero-order valence-corrected chi connectivity index (χ0v) is 11.8. The van der Waals surface area contributed by atoms with Crippen LogP contribution in [0.4, 0.5) is 0 Å². The van der Waals surface area contributed by atoms with Crippen molar-refractivity contribution in [2.45, 2.75) is 46.0 Å². The van der Waals surface area contributed by atoms with E-state index < -0.39 is 5.92 Å². The quantitative estimate of drug-likeness (QED) is 0.784. The summed E-state index contributed by atoms with van der Waals surface area (Å²) in [6.45, 7) is 6.20. The maximum absolute atomic E-state index is 12.3. The monoisotopic (exact) mass is 259 g/mol. The minimum absolute atomic E-state index is 0.0377. The molecule has 0 atom stereocenters. The van der Waals surface area contributed by atoms with E-state index in [1.807, 2.05) is 12.1 Å². The van der Waals surface area contributed by atoms with Crippen molar-refractivity contribution < 1.29 is 9.59 Å². The van der Waals surface area contributed by atoms with Gasteiger partial charge >= 0.3 is 0 Å². The summed E-state index contributed by atoms with van der Waals surface area (Å²) >= 11 is 0. The highest BCUT2D eigenvalue weighted by molar-refractivity contribution is 6.09. The molecule has 1 heterocycles. The Morgan fingerprint density at radius 1 is 1.26 bits per heavy atom. The number of pyridine rings is 1. The molecule has 1 fully saturated rings. The highest BCUT2D eigenvalue weighted by Gasteiger charge is 2.38. The Bertz CT molecular complexity index is 475. The number of nitrogens with zero attached hydrogens (tertiary/aromatic N) is 1. The van der Waals surface area contributed by atoms with Crippen LogP contribution in [0.5, 0.6) is 0 Å². The third-order valence-corrected chi connectivity index (χ3v) is 4.06. The number of rotatable bonds is 3. The first-order chi connectivity index (χ1) is 9.02. The molecular weight excluding hydrogens is 238 g/mol. The van der Waals surface area contributed by atoms with Crippen molar-refractivity contribution in [1.82, 2.24) is 4.98 Å². The molecule has 0 radical (unpaired) electrons. The minimum Gasteiger partial charge on any atom is -0.298 e. The number of ketones is 2. The Morgan fingerprint density at radius 3 is 2.42 bits per heavy atom. The maximum Gasteiger partial charge on any atom is 0.149 e. The van der Waals surface area contributed by atoms with Gasteiger partial charge < -0.3 is 0 Å². The van der Waals surface area contributed by atoms with Crippen molar-refractivity contribution >= 4 is 11.6 Å². The third-order valence-electron chi connectivity index (χ3n) is 4.06. The molecule has 1 aromatic heterocycles. The van der Waals surface area contributed by atoms with Crippen molar-refractivity contribution in [3.63, 3.8) is 0 Å². The predicted molar refractivity (Wildman–Crippen MR) is 73.9 cm³/mol. The standard InChI is InChI=1S/C16H21NO2/c1-4-11-5-6-17-13(7-11)16-14(18)8-12(10(2)3)9-15(16)19/h5-7,10,12,16H,4,8-9H2,1-3H3. The zero-order valence-electron chi connectivity index (χ0n) is 11.8. The molecule has 1 aromatic rings. The molecule has 0 amide bonds. The third kappa shape index (κ3) is 2.91. The summed E-state index contributed by atoms with van der Waals surface area (Å²) in [5, 5.41) is 0. The van der Waals surface area contributed by atoms with E-state index in [1.165, 1.54) is 0 Å². The topological polar surface area (TPSA) is 47.0 Å². The number of hydrogen-bond donors (Lipinski definition) is 0. The highest BCUT2D eigenvalue weighted by atomic mass is 16.2. The zero-order chi connectivity index (χ0) is 14.0. The number of aryl methyl sites for hydroxylation is 1. The van der Waals surface area contributed by atoms with Gasteiger partial charge in [0.15, 0.2) is 0 Å². The lowest BCUT2D eigenvalue weighted by atomic mass is 9.74. The molecule has 1 aliphatic carbocycles. The molecule has 2 rings (SSSR count). The van der Waals surface area contributed by atoms with Crippen molar-refractivity contribution in [1.29, 1.82) is 0 Å². The predicted octanol–water partition coefficient (Wildman–Crippen LogP) is 2.93. The van der Waals surface area contributed by atoms with E-state index in [1.54, 1.807) is 6.20 Å². The molecule has 0 aliphatic heterocycles. The second kappa shape index (κ2) is 5.64. The van der Waals surface area contributed by atoms with Crippen LogP contribution in [-0.2, 0) is 16.0 Å². The van der Waals surface area contributed by atoms with E-state index in [9.17, 15) is 9.59 Å². The second-order valence-electron chi connectivity index (χ2n) is 5.72. The lowest BCUT2D eigenvalue weighted by molar-refractivity contribution is -0.134. The van der Waals surface area contributed by atoms with Crippen LogP contribution in [0, 0.1) is 11.8 Å². The first-order valence-electron chi connectivity index (χ1n) is 7.03. The number of hydrogen-bond acceptors (Lipinski definition) is 3. The summed E-state index contributed by atoms with van der Waals surface area (Å²) in [5.41, 5.74) is 1.76. The lowest BCUT2D eigenvalue weighted by Gasteiger charge is -2.28. The first-order valence-corrected chi connectivity index (χ1v) is 7.03. The number of carbonyl (C=O) groups excluding carboxylic acids is 2. The normalized spacial score (nSPS) is 24.0. The van der Waals surface area contributed by atoms with E-state index in [0.717, 1.165) is 12.0 Å². The highest BCUT2D eigenvalue weighted by Crippen LogP contribution is 2.33. The molecule has 0 aromatic carbocycles. The molecule has 0 N–H and O–H groups in total. The van der Waals surface area contributed by atoms with Gasteiger partial charge in [0.2, 0.25) is 0 Å². The van der Waals surface area contributed by atoms with E-state index in [-0.39, 0.29) is 17.5 Å². The van der Waals surface area contributed by atoms with Crippen LogP contribution < -0.4 is 0 Å². The van der Waals surface area contributed by atoms with E-state index >= 15 is 0 Å². The fourth-order valence-corrected chi connectivity index (χ4v) is 2.68. The smallest absolute Gasteiger partial charge is 0.149 e. The van der Waals surface area contributed by atoms with Gasteiger partial charge in [0.25, 0.3) is 0 Å². The van der Waals surface area contributed by atoms with Crippen LogP contribution in [-0.4, -0.2) is 16.6 Å². The van der Waals surface area contributed by atoms with Crippen molar-refractivity contribution in [3.05, 3.63) is 29.6 Å². The molecule has 0 unspecified atom stereocenters. The van der Waals surface area contributed by atoms with Crippen molar-refractivity contribution in [2.24, 2.45) is 11.8 Å². The van der Waals surface area contributed by atoms with E-state index in [0.29, 0.717) is 24.5 Å². The van der Waals surface area contributed by atoms with Gasteiger partial charge in [-0.05, 0) is 36.0 Å². The fourth-order valence-electron chi connectivity index (χ4n) is 2.68. The molecule has 0 spiro atoms. The molecule has 0 bridgehead atoms. The van der Waals surface area contributed by atoms with Gasteiger partial charge in [-0.2, -0.15) is 0 Å². The lowest BCUT2D eigenvalue weighted by Crippen LogP contribution is -2.34. The van der Waals surface area contributed by atoms with Gasteiger partial charge in [0, 0.05) is 19.0 Å². The number of carbonyl (C=O) groups is 2. The Labute approximate surface area is 114 Å². The average Bonchev–Trinajstić information content (AvgIpc) is 2.38. The van der Waals surface area contributed by atoms with Gasteiger partial charge in [-0.3, -0.25) is 14.6 Å². The SMILES string of the molecule is CCc1ccnc(C2C(=O)CC(C(C)C)CC2=O)c1. The molecular formula is C16H21NO2. The van der Waals surface area contributed by atoms with Crippen LogP contribution >= 0.6 is 0 Å². The van der Waals surface area contributed by atoms with Crippen LogP contribution in [0.15, 0.2) is 18.3 Å². The van der Waals surface area contributed by atoms with Crippen LogP contribution in [0.1, 0.15) is 50.8 Å². The Balaban J connectivity index is 2.25. The summed E-state index contributed by atoms with van der Waals surface area (Å²) in [5.74, 6) is 0.0299. The van der Waals surface area contributed by atoms with Gasteiger partial charge in [-0.1, -0.05) is 20.8 Å². The molecule has 3 heteroatoms. The molecule has 3 nitrogen and oxygen atoms in total. The second-order valence-corrected chi connectivity index (χ2v) is 5.72. The van der Waals surface area contributed by atoms with Crippen LogP contribution in [0.3, 0.4) is 0 Å². The Hall–Kier alpha value is -1.51. The largest absolute Gasteiger partial charge is 0.298 e. The summed E-state index contributed by atoms with van der Waals surface area (Å²) < 4.78 is 0. The summed E-state index contributed by atoms with van der Waals surface area (Å²) in [7, 11) is 0. The average molecular weight is 259 g/mol. The van der Waals surface area contributed by atoms with Gasteiger partial charge in [0.05, 0.1) is 5.69 Å². The summed E-state index contributed by atoms with van der Waals surface area (Å²) in [4.78, 5) is 28.8. The fraction of sp³-hybridized carbons (Fsp3) is 0.562. The molecule has 1 aliphatic rings. The van der Waals surface area contributed by atoms with Crippen LogP contribution in [0.2, 0.25) is 0 Å². The van der Waals surface area contributed by atoms with Crippen LogP contribution in [0.25, 0.3) is 0 Å². The van der Waals surface area contributed by atoms with Gasteiger partial charge in [0.1, 0.15) is 17.5 Å². The Morgan fingerprint density at radius 2 is 1.89 bits per heavy atom. The van der Waals surface area contributed by atoms with Crippen molar-refractivity contribution in [2.75, 3.05) is 0 Å². The number of Topliss-reactive ketones (excluding diaryl/α,β-unsaturated/α-hetero) is 2. The summed E-state index contributed by atoms with van der Waals surface area (Å²) in [6.07, 6.45) is 3.60. The molecule has 19 heavy (non-hydrogen) atoms. The molecule has 102 valence electrons. The molecule has 1 saturated carbocycles. The maximum atomic E-state index is 12.3. The van der Waals surface area contributed by atoms with Crippen molar-refractivity contribution in [3.8, 4) is 0 Å². The minimum atomic E-state index is -0.624. The van der Waals surface area contributed by atoms with Gasteiger partial charge in [-0.25, -0.2) is 0 Å². The van der Waals surface area contributed by atoms with Gasteiger partial charge in [-0.15, -0.1) is 0 Å². The first kappa shape index (κ1) is 13.9. The number of aromatic nitrogens is 1.